The zero-order valence-electron chi connectivity index (χ0n) is 42.7. The van der Waals surface area contributed by atoms with Crippen LogP contribution in [0.3, 0.4) is 0 Å². The summed E-state index contributed by atoms with van der Waals surface area (Å²) in [6.45, 7) is 6.54. The van der Waals surface area contributed by atoms with Crippen molar-refractivity contribution in [1.29, 1.82) is 0 Å². The largest absolute Gasteiger partial charge is 0.462 e. The molecule has 0 rings (SSSR count). The zero-order valence-corrected chi connectivity index (χ0v) is 42.7. The number of hydrogen-bond donors (Lipinski definition) is 0. The van der Waals surface area contributed by atoms with Crippen LogP contribution in [0.5, 0.6) is 0 Å². The summed E-state index contributed by atoms with van der Waals surface area (Å²) in [5.74, 6) is -0.983. The third-order valence-corrected chi connectivity index (χ3v) is 11.7. The van der Waals surface area contributed by atoms with E-state index in [9.17, 15) is 14.4 Å². The average Bonchev–Trinajstić information content (AvgIpc) is 3.30. The van der Waals surface area contributed by atoms with E-state index in [1.165, 1.54) is 154 Å². The summed E-state index contributed by atoms with van der Waals surface area (Å²) >= 11 is 0. The Kier molecular flexibility index (Phi) is 50.9. The van der Waals surface area contributed by atoms with Gasteiger partial charge < -0.3 is 14.2 Å². The molecule has 374 valence electrons. The first-order chi connectivity index (χ1) is 32.0. The van der Waals surface area contributed by atoms with Gasteiger partial charge in [0.2, 0.25) is 0 Å². The molecule has 0 N–H and O–H groups in total. The third kappa shape index (κ3) is 51.7. The molecule has 6 nitrogen and oxygen atoms in total. The van der Waals surface area contributed by atoms with Crippen molar-refractivity contribution in [3.8, 4) is 0 Å². The van der Waals surface area contributed by atoms with Crippen molar-refractivity contribution in [3.05, 3.63) is 72.9 Å². The summed E-state index contributed by atoms with van der Waals surface area (Å²) < 4.78 is 16.8. The van der Waals surface area contributed by atoms with Gasteiger partial charge in [0.15, 0.2) is 6.10 Å². The van der Waals surface area contributed by atoms with E-state index in [1.807, 2.05) is 6.08 Å². The normalized spacial score (nSPS) is 12.6. The van der Waals surface area contributed by atoms with Crippen LogP contribution in [-0.2, 0) is 28.6 Å². The molecule has 0 bridgehead atoms. The third-order valence-electron chi connectivity index (χ3n) is 11.7. The SMILES string of the molecule is CCCCC/C=C\C/C=C\C/C=C\C/C=C\C/C=C\CCC(=O)OC[C@H](COC(=O)CCCCCCCCCCCCCCC)OC(=O)CCCCCCCCC/C=C\CCCCCC. The van der Waals surface area contributed by atoms with E-state index < -0.39 is 6.10 Å². The fourth-order valence-corrected chi connectivity index (χ4v) is 7.54. The molecule has 65 heavy (non-hydrogen) atoms. The minimum atomic E-state index is -0.805. The Bertz CT molecular complexity index is 1230. The molecule has 0 aliphatic heterocycles. The Morgan fingerprint density at radius 1 is 0.308 bits per heavy atom. The molecule has 0 fully saturated rings. The highest BCUT2D eigenvalue weighted by molar-refractivity contribution is 5.71. The van der Waals surface area contributed by atoms with Crippen LogP contribution in [0.4, 0.5) is 0 Å². The van der Waals surface area contributed by atoms with Crippen molar-refractivity contribution >= 4 is 17.9 Å². The molecular weight excluding hydrogens is 805 g/mol. The molecule has 0 aliphatic rings. The highest BCUT2D eigenvalue weighted by Gasteiger charge is 2.19. The van der Waals surface area contributed by atoms with Crippen LogP contribution in [0.15, 0.2) is 72.9 Å². The van der Waals surface area contributed by atoms with Gasteiger partial charge in [0, 0.05) is 19.3 Å². The molecule has 0 heterocycles. The number of ether oxygens (including phenoxy) is 3. The Hall–Kier alpha value is -3.15. The maximum atomic E-state index is 12.8. The van der Waals surface area contributed by atoms with Gasteiger partial charge in [-0.2, -0.15) is 0 Å². The van der Waals surface area contributed by atoms with E-state index in [4.69, 9.17) is 14.2 Å². The van der Waals surface area contributed by atoms with E-state index in [0.717, 1.165) is 64.2 Å². The summed E-state index contributed by atoms with van der Waals surface area (Å²) in [4.78, 5) is 38.0. The number of hydrogen-bond acceptors (Lipinski definition) is 6. The molecule has 0 saturated heterocycles. The lowest BCUT2D eigenvalue weighted by molar-refractivity contribution is -0.166. The second-order valence-corrected chi connectivity index (χ2v) is 18.1. The van der Waals surface area contributed by atoms with E-state index in [-0.39, 0.29) is 37.5 Å². The van der Waals surface area contributed by atoms with Gasteiger partial charge in [0.1, 0.15) is 13.2 Å². The van der Waals surface area contributed by atoms with Crippen LogP contribution in [0.2, 0.25) is 0 Å². The zero-order chi connectivity index (χ0) is 47.2. The summed E-state index contributed by atoms with van der Waals surface area (Å²) in [6, 6.07) is 0. The highest BCUT2D eigenvalue weighted by atomic mass is 16.6. The van der Waals surface area contributed by atoms with Gasteiger partial charge in [-0.1, -0.05) is 235 Å². The number of carbonyl (C=O) groups excluding carboxylic acids is 3. The van der Waals surface area contributed by atoms with Crippen molar-refractivity contribution in [1.82, 2.24) is 0 Å². The molecule has 0 aliphatic carbocycles. The summed E-state index contributed by atoms with van der Waals surface area (Å²) in [6.07, 6.45) is 67.5. The number of allylic oxidation sites excluding steroid dienone is 12. The van der Waals surface area contributed by atoms with Gasteiger partial charge in [0.05, 0.1) is 0 Å². The van der Waals surface area contributed by atoms with Gasteiger partial charge >= 0.3 is 17.9 Å². The monoisotopic (exact) mass is 907 g/mol. The van der Waals surface area contributed by atoms with Crippen molar-refractivity contribution in [2.75, 3.05) is 13.2 Å². The van der Waals surface area contributed by atoms with Crippen LogP contribution >= 0.6 is 0 Å². The maximum absolute atomic E-state index is 12.8. The predicted octanol–water partition coefficient (Wildman–Crippen LogP) is 18.2. The van der Waals surface area contributed by atoms with Crippen LogP contribution in [0.1, 0.15) is 265 Å². The molecule has 0 radical (unpaired) electrons. The molecule has 0 amide bonds. The lowest BCUT2D eigenvalue weighted by atomic mass is 10.0. The topological polar surface area (TPSA) is 78.9 Å². The molecule has 0 spiro atoms. The first kappa shape index (κ1) is 61.9. The predicted molar refractivity (Wildman–Crippen MR) is 279 cm³/mol. The number of carbonyl (C=O) groups is 3. The molecule has 0 aromatic carbocycles. The fraction of sp³-hybridized carbons (Fsp3) is 0.746. The maximum Gasteiger partial charge on any atom is 0.306 e. The molecule has 0 aromatic heterocycles. The van der Waals surface area contributed by atoms with Crippen molar-refractivity contribution in [2.45, 2.75) is 271 Å². The van der Waals surface area contributed by atoms with E-state index in [2.05, 4.69) is 87.6 Å². The average molecular weight is 907 g/mol. The molecule has 0 saturated carbocycles. The highest BCUT2D eigenvalue weighted by Crippen LogP contribution is 2.15. The molecule has 0 unspecified atom stereocenters. The number of esters is 3. The number of unbranched alkanes of at least 4 members (excludes halogenated alkanes) is 26. The molecule has 0 aromatic rings. The first-order valence-electron chi connectivity index (χ1n) is 27.4. The standard InChI is InChI=1S/C59H102O6/c1-4-7-10-13-16-19-22-25-27-28-29-30-32-34-37-40-43-46-49-52-58(61)64-55-56(54-63-57(60)51-48-45-42-39-36-33-24-21-18-15-12-9-6-3)65-59(62)53-50-47-44-41-38-35-31-26-23-20-17-14-11-8-5-2/h16,19-20,23,25,27,29-30,34,37,43,46,56H,4-15,17-18,21-22,24,26,28,31-33,35-36,38-42,44-45,47-55H2,1-3H3/b19-16-,23-20-,27-25-,30-29-,37-34-,46-43-/t56-/m0/s1. The van der Waals surface area contributed by atoms with E-state index >= 15 is 0 Å². The summed E-state index contributed by atoms with van der Waals surface area (Å²) in [5, 5.41) is 0. The summed E-state index contributed by atoms with van der Waals surface area (Å²) in [5.41, 5.74) is 0. The minimum Gasteiger partial charge on any atom is -0.462 e. The van der Waals surface area contributed by atoms with Crippen molar-refractivity contribution in [2.24, 2.45) is 0 Å². The van der Waals surface area contributed by atoms with Crippen LogP contribution in [0.25, 0.3) is 0 Å². The van der Waals surface area contributed by atoms with Gasteiger partial charge in [0.25, 0.3) is 0 Å². The van der Waals surface area contributed by atoms with E-state index in [0.29, 0.717) is 19.3 Å². The Morgan fingerprint density at radius 2 is 0.585 bits per heavy atom. The lowest BCUT2D eigenvalue weighted by Gasteiger charge is -2.18. The van der Waals surface area contributed by atoms with Crippen LogP contribution < -0.4 is 0 Å². The Morgan fingerprint density at radius 3 is 1.02 bits per heavy atom. The van der Waals surface area contributed by atoms with Gasteiger partial charge in [-0.3, -0.25) is 14.4 Å². The Labute approximate surface area is 402 Å². The molecule has 6 heteroatoms. The van der Waals surface area contributed by atoms with E-state index in [1.54, 1.807) is 0 Å². The summed E-state index contributed by atoms with van der Waals surface area (Å²) in [7, 11) is 0. The minimum absolute atomic E-state index is 0.0979. The van der Waals surface area contributed by atoms with Gasteiger partial charge in [-0.15, -0.1) is 0 Å². The lowest BCUT2D eigenvalue weighted by Crippen LogP contribution is -2.30. The quantitative estimate of drug-likeness (QED) is 0.0262. The van der Waals surface area contributed by atoms with Gasteiger partial charge in [-0.25, -0.2) is 0 Å². The smallest absolute Gasteiger partial charge is 0.306 e. The van der Waals surface area contributed by atoms with Crippen molar-refractivity contribution < 1.29 is 28.6 Å². The second kappa shape index (κ2) is 53.5. The van der Waals surface area contributed by atoms with Gasteiger partial charge in [-0.05, 0) is 83.5 Å². The second-order valence-electron chi connectivity index (χ2n) is 18.1. The first-order valence-corrected chi connectivity index (χ1v) is 27.4. The van der Waals surface area contributed by atoms with Crippen LogP contribution in [0, 0.1) is 0 Å². The fourth-order valence-electron chi connectivity index (χ4n) is 7.54. The number of rotatable bonds is 49. The Balaban J connectivity index is 4.48. The van der Waals surface area contributed by atoms with Crippen LogP contribution in [-0.4, -0.2) is 37.2 Å². The molecule has 1 atom stereocenters. The van der Waals surface area contributed by atoms with Crippen molar-refractivity contribution in [3.63, 3.8) is 0 Å². The molecular formula is C59H102O6.